The van der Waals surface area contributed by atoms with Crippen molar-refractivity contribution in [3.8, 4) is 0 Å². The highest BCUT2D eigenvalue weighted by Crippen LogP contribution is 2.12. The predicted molar refractivity (Wildman–Crippen MR) is 45.0 cm³/mol. The fourth-order valence-corrected chi connectivity index (χ4v) is 0.946. The number of hydrogen-bond donors (Lipinski definition) is 3. The maximum absolute atomic E-state index is 10.5. The Labute approximate surface area is 71.5 Å². The Bertz CT molecular complexity index is 151. The molecular formula is C7H15N3O2. The lowest BCUT2D eigenvalue weighted by Gasteiger charge is -2.05. The number of carbonyl (C=O) groups is 2. The second-order valence-electron chi connectivity index (χ2n) is 2.61. The molecule has 5 heteroatoms. The van der Waals surface area contributed by atoms with Gasteiger partial charge in [-0.25, -0.2) is 10.6 Å². The van der Waals surface area contributed by atoms with E-state index in [0.717, 1.165) is 25.7 Å². The molecule has 5 nitrogen and oxygen atoms in total. The molecule has 0 spiro atoms. The van der Waals surface area contributed by atoms with Crippen molar-refractivity contribution < 1.29 is 9.59 Å². The van der Waals surface area contributed by atoms with Gasteiger partial charge in [-0.3, -0.25) is 10.2 Å². The molecule has 0 aliphatic heterocycles. The minimum Gasteiger partial charge on any atom is -0.351 e. The second kappa shape index (κ2) is 6.60. The van der Waals surface area contributed by atoms with E-state index >= 15 is 0 Å². The summed E-state index contributed by atoms with van der Waals surface area (Å²) in [6, 6.07) is -0.718. The van der Waals surface area contributed by atoms with Crippen LogP contribution in [0.2, 0.25) is 0 Å². The Morgan fingerprint density at radius 2 is 1.67 bits per heavy atom. The monoisotopic (exact) mass is 173 g/mol. The van der Waals surface area contributed by atoms with Crippen LogP contribution >= 0.6 is 0 Å². The highest BCUT2D eigenvalue weighted by Gasteiger charge is 2.05. The van der Waals surface area contributed by atoms with Crippen LogP contribution in [0.5, 0.6) is 0 Å². The van der Waals surface area contributed by atoms with Crippen molar-refractivity contribution in [2.24, 2.45) is 11.6 Å². The number of hydrogen-bond acceptors (Lipinski definition) is 3. The molecule has 2 amide bonds. The molecule has 0 heterocycles. The van der Waals surface area contributed by atoms with Gasteiger partial charge in [0.15, 0.2) is 0 Å². The van der Waals surface area contributed by atoms with E-state index in [2.05, 4.69) is 11.6 Å². The van der Waals surface area contributed by atoms with Crippen molar-refractivity contribution in [2.45, 2.75) is 32.1 Å². The zero-order valence-corrected chi connectivity index (χ0v) is 7.01. The molecule has 0 saturated heterocycles. The molecule has 0 unspecified atom stereocenters. The molecule has 0 atom stereocenters. The van der Waals surface area contributed by atoms with Crippen LogP contribution in [0.4, 0.5) is 4.79 Å². The molecule has 0 aromatic heterocycles. The minimum absolute atomic E-state index is 0.464. The first-order valence-electron chi connectivity index (χ1n) is 3.94. The van der Waals surface area contributed by atoms with Crippen LogP contribution in [-0.2, 0) is 4.79 Å². The fraction of sp³-hybridized carbons (Fsp3) is 0.714. The number of primary amides is 1. The molecule has 5 N–H and O–H groups in total. The number of ketones is 1. The van der Waals surface area contributed by atoms with Gasteiger partial charge < -0.3 is 5.73 Å². The molecule has 1 saturated carbocycles. The molecule has 70 valence electrons. The predicted octanol–water partition coefficient (Wildman–Crippen LogP) is 0.0480. The van der Waals surface area contributed by atoms with E-state index in [4.69, 9.17) is 0 Å². The van der Waals surface area contributed by atoms with E-state index in [1.54, 1.807) is 5.43 Å². The first kappa shape index (κ1) is 10.9. The summed E-state index contributed by atoms with van der Waals surface area (Å²) in [6.07, 6.45) is 5.24. The molecule has 0 radical (unpaired) electrons. The summed E-state index contributed by atoms with van der Waals surface area (Å²) in [5, 5.41) is 0. The van der Waals surface area contributed by atoms with Crippen LogP contribution in [0.15, 0.2) is 0 Å². The molecule has 0 aromatic rings. The molecular weight excluding hydrogens is 158 g/mol. The number of hydrazine groups is 1. The third-order valence-electron chi connectivity index (χ3n) is 1.55. The van der Waals surface area contributed by atoms with Crippen LogP contribution in [0.25, 0.3) is 0 Å². The van der Waals surface area contributed by atoms with Gasteiger partial charge in [-0.15, -0.1) is 0 Å². The van der Waals surface area contributed by atoms with Gasteiger partial charge in [0.05, 0.1) is 0 Å². The van der Waals surface area contributed by atoms with E-state index in [1.165, 1.54) is 6.42 Å². The number of amides is 2. The van der Waals surface area contributed by atoms with E-state index in [1.807, 2.05) is 0 Å². The van der Waals surface area contributed by atoms with Crippen molar-refractivity contribution >= 4 is 11.8 Å². The van der Waals surface area contributed by atoms with E-state index in [-0.39, 0.29) is 0 Å². The summed E-state index contributed by atoms with van der Waals surface area (Å²) < 4.78 is 0. The number of nitrogens with one attached hydrogen (secondary N) is 1. The zero-order valence-electron chi connectivity index (χ0n) is 7.01. The van der Waals surface area contributed by atoms with Crippen LogP contribution < -0.4 is 17.0 Å². The average molecular weight is 173 g/mol. The van der Waals surface area contributed by atoms with Gasteiger partial charge in [-0.1, -0.05) is 6.42 Å². The Morgan fingerprint density at radius 1 is 1.25 bits per heavy atom. The molecule has 0 aromatic carbocycles. The minimum atomic E-state index is -0.718. The number of nitrogens with two attached hydrogens (primary N) is 2. The lowest BCUT2D eigenvalue weighted by atomic mass is 10.00. The summed E-state index contributed by atoms with van der Waals surface area (Å²) in [7, 11) is 0. The Kier molecular flexibility index (Phi) is 6.00. The summed E-state index contributed by atoms with van der Waals surface area (Å²) in [5.74, 6) is 4.91. The van der Waals surface area contributed by atoms with Crippen LogP contribution in [0.3, 0.4) is 0 Å². The summed E-state index contributed by atoms with van der Waals surface area (Å²) in [6.45, 7) is 0. The normalized spacial score (nSPS) is 15.9. The Morgan fingerprint density at radius 3 is 1.83 bits per heavy atom. The summed E-state index contributed by atoms with van der Waals surface area (Å²) in [4.78, 5) is 19.8. The SMILES string of the molecule is NNC(N)=O.O=C1CCCCC1. The number of rotatable bonds is 0. The summed E-state index contributed by atoms with van der Waals surface area (Å²) in [5.41, 5.74) is 6.08. The van der Waals surface area contributed by atoms with Gasteiger partial charge in [0, 0.05) is 12.8 Å². The Balaban J connectivity index is 0.000000217. The third-order valence-corrected chi connectivity index (χ3v) is 1.55. The Hall–Kier alpha value is -1.10. The average Bonchev–Trinajstić information content (AvgIpc) is 2.07. The van der Waals surface area contributed by atoms with E-state index < -0.39 is 6.03 Å². The van der Waals surface area contributed by atoms with Crippen LogP contribution in [0.1, 0.15) is 32.1 Å². The maximum Gasteiger partial charge on any atom is 0.326 e. The van der Waals surface area contributed by atoms with Crippen LogP contribution in [-0.4, -0.2) is 11.8 Å². The standard InChI is InChI=1S/C6H10O.CH5N3O/c7-6-4-2-1-3-5-6;2-1(5)4-3/h1-5H2;3H2,(H3,2,4,5). The second-order valence-corrected chi connectivity index (χ2v) is 2.61. The molecule has 12 heavy (non-hydrogen) atoms. The van der Waals surface area contributed by atoms with Gasteiger partial charge in [-0.2, -0.15) is 0 Å². The number of carbonyl (C=O) groups excluding carboxylic acids is 2. The quantitative estimate of drug-likeness (QED) is 0.274. The number of Topliss-reactive ketones (excluding diaryl/α,β-unsaturated/α-hetero) is 1. The molecule has 1 rings (SSSR count). The highest BCUT2D eigenvalue weighted by molar-refractivity contribution is 5.78. The molecule has 1 aliphatic carbocycles. The van der Waals surface area contributed by atoms with E-state index in [0.29, 0.717) is 5.78 Å². The van der Waals surface area contributed by atoms with Crippen molar-refractivity contribution in [1.82, 2.24) is 5.43 Å². The smallest absolute Gasteiger partial charge is 0.326 e. The lowest BCUT2D eigenvalue weighted by Crippen LogP contribution is -2.34. The summed E-state index contributed by atoms with van der Waals surface area (Å²) >= 11 is 0. The lowest BCUT2D eigenvalue weighted by molar-refractivity contribution is -0.120. The van der Waals surface area contributed by atoms with Gasteiger partial charge >= 0.3 is 6.03 Å². The number of urea groups is 1. The van der Waals surface area contributed by atoms with Crippen molar-refractivity contribution in [3.05, 3.63) is 0 Å². The van der Waals surface area contributed by atoms with Crippen molar-refractivity contribution in [3.63, 3.8) is 0 Å². The molecule has 1 aliphatic rings. The van der Waals surface area contributed by atoms with Crippen molar-refractivity contribution in [1.29, 1.82) is 0 Å². The first-order chi connectivity index (χ1) is 5.66. The largest absolute Gasteiger partial charge is 0.351 e. The van der Waals surface area contributed by atoms with E-state index in [9.17, 15) is 9.59 Å². The van der Waals surface area contributed by atoms with Crippen molar-refractivity contribution in [2.75, 3.05) is 0 Å². The van der Waals surface area contributed by atoms with Gasteiger partial charge in [0.2, 0.25) is 0 Å². The molecule has 1 fully saturated rings. The van der Waals surface area contributed by atoms with Gasteiger partial charge in [-0.05, 0) is 12.8 Å². The van der Waals surface area contributed by atoms with Gasteiger partial charge in [0.1, 0.15) is 5.78 Å². The third kappa shape index (κ3) is 7.01. The van der Waals surface area contributed by atoms with Crippen LogP contribution in [0, 0.1) is 0 Å². The molecule has 0 bridgehead atoms. The maximum atomic E-state index is 10.5. The van der Waals surface area contributed by atoms with Gasteiger partial charge in [0.25, 0.3) is 0 Å². The first-order valence-corrected chi connectivity index (χ1v) is 3.94. The topological polar surface area (TPSA) is 98.2 Å². The zero-order chi connectivity index (χ0) is 9.40. The highest BCUT2D eigenvalue weighted by atomic mass is 16.2. The fourth-order valence-electron chi connectivity index (χ4n) is 0.946.